The predicted molar refractivity (Wildman–Crippen MR) is 137 cm³/mol. The number of aliphatic hydroxyl groups excluding tert-OH is 1. The van der Waals surface area contributed by atoms with Crippen LogP contribution < -0.4 is 10.2 Å². The Balaban J connectivity index is 1.41. The summed E-state index contributed by atoms with van der Waals surface area (Å²) in [6, 6.07) is 7.74. The lowest BCUT2D eigenvalue weighted by Crippen LogP contribution is -2.49. The van der Waals surface area contributed by atoms with Crippen LogP contribution in [0, 0.1) is 23.7 Å². The van der Waals surface area contributed by atoms with Crippen LogP contribution in [0.15, 0.2) is 24.3 Å². The zero-order valence-electron chi connectivity index (χ0n) is 21.7. The molecule has 2 aliphatic carbocycles. The van der Waals surface area contributed by atoms with Crippen LogP contribution >= 0.6 is 0 Å². The highest BCUT2D eigenvalue weighted by atomic mass is 16.6. The molecule has 5 heteroatoms. The van der Waals surface area contributed by atoms with Crippen molar-refractivity contribution in [2.45, 2.75) is 116 Å². The summed E-state index contributed by atoms with van der Waals surface area (Å²) in [6.45, 7) is 9.62. The summed E-state index contributed by atoms with van der Waals surface area (Å²) in [5.41, 5.74) is -0.553. The molecule has 3 rings (SSSR count). The Morgan fingerprint density at radius 1 is 0.909 bits per heavy atom. The molecule has 4 nitrogen and oxygen atoms in total. The minimum absolute atomic E-state index is 0.230. The lowest BCUT2D eigenvalue weighted by molar-refractivity contribution is -0.0893. The van der Waals surface area contributed by atoms with E-state index in [-0.39, 0.29) is 5.92 Å². The average Bonchev–Trinajstić information content (AvgIpc) is 2.79. The third kappa shape index (κ3) is 7.47. The molecule has 33 heavy (non-hydrogen) atoms. The van der Waals surface area contributed by atoms with E-state index in [4.69, 9.17) is 9.39 Å². The van der Waals surface area contributed by atoms with Crippen molar-refractivity contribution in [1.29, 1.82) is 0 Å². The standard InChI is InChI=1S/C28H47BO4/c1-6-7-20-8-10-21(11-9-20)22-12-14-23(15-13-22)26(30)32-25-18-16-24(17-19-25)29-33-28(4,5)27(2,3)31/h16-23,26,29-31H,6-15H2,1-5H3/t20-,21-,22?,23?,26?. The Hall–Kier alpha value is -1.04. The van der Waals surface area contributed by atoms with Crippen LogP contribution in [-0.4, -0.2) is 35.2 Å². The van der Waals surface area contributed by atoms with Crippen LogP contribution in [0.25, 0.3) is 0 Å². The van der Waals surface area contributed by atoms with Crippen molar-refractivity contribution in [3.8, 4) is 5.75 Å². The van der Waals surface area contributed by atoms with Gasteiger partial charge in [-0.3, -0.25) is 0 Å². The Labute approximate surface area is 202 Å². The van der Waals surface area contributed by atoms with E-state index < -0.39 is 17.5 Å². The molecule has 0 saturated heterocycles. The zero-order valence-corrected chi connectivity index (χ0v) is 21.7. The molecule has 0 aliphatic heterocycles. The Morgan fingerprint density at radius 3 is 1.97 bits per heavy atom. The summed E-state index contributed by atoms with van der Waals surface area (Å²) in [5, 5.41) is 21.0. The first-order chi connectivity index (χ1) is 15.6. The van der Waals surface area contributed by atoms with Crippen molar-refractivity contribution >= 4 is 12.9 Å². The minimum atomic E-state index is -0.923. The molecule has 0 aromatic heterocycles. The second-order valence-corrected chi connectivity index (χ2v) is 11.8. The van der Waals surface area contributed by atoms with Crippen molar-refractivity contribution < 1.29 is 19.6 Å². The number of hydrogen-bond acceptors (Lipinski definition) is 4. The number of hydrogen-bond donors (Lipinski definition) is 2. The molecule has 1 aromatic carbocycles. The fourth-order valence-electron chi connectivity index (χ4n) is 5.60. The highest BCUT2D eigenvalue weighted by Gasteiger charge is 2.36. The maximum absolute atomic E-state index is 10.7. The Morgan fingerprint density at radius 2 is 1.45 bits per heavy atom. The van der Waals surface area contributed by atoms with Gasteiger partial charge in [0.05, 0.1) is 11.2 Å². The molecule has 1 aromatic rings. The summed E-state index contributed by atoms with van der Waals surface area (Å²) in [4.78, 5) is 0. The minimum Gasteiger partial charge on any atom is -0.465 e. The molecule has 2 saturated carbocycles. The summed E-state index contributed by atoms with van der Waals surface area (Å²) in [7, 11) is 0.421. The first kappa shape index (κ1) is 26.6. The lowest BCUT2D eigenvalue weighted by Gasteiger charge is -2.38. The fourth-order valence-corrected chi connectivity index (χ4v) is 5.60. The van der Waals surface area contributed by atoms with Gasteiger partial charge in [0, 0.05) is 5.92 Å². The second kappa shape index (κ2) is 11.6. The highest BCUT2D eigenvalue weighted by molar-refractivity contribution is 6.47. The average molecular weight is 458 g/mol. The molecule has 1 atom stereocenters. The molecular weight excluding hydrogens is 411 g/mol. The SMILES string of the molecule is CCC[C@H]1CC[C@H](C2CCC(C(O)Oc3ccc(BOC(C)(C)C(C)(C)O)cc3)CC2)CC1. The van der Waals surface area contributed by atoms with E-state index in [0.29, 0.717) is 13.2 Å². The van der Waals surface area contributed by atoms with Gasteiger partial charge in [-0.25, -0.2) is 0 Å². The van der Waals surface area contributed by atoms with Crippen molar-refractivity contribution in [3.05, 3.63) is 24.3 Å². The van der Waals surface area contributed by atoms with Crippen molar-refractivity contribution in [2.75, 3.05) is 0 Å². The first-order valence-corrected chi connectivity index (χ1v) is 13.4. The van der Waals surface area contributed by atoms with Gasteiger partial charge in [0.25, 0.3) is 0 Å². The normalized spacial score (nSPS) is 27.7. The van der Waals surface area contributed by atoms with Crippen molar-refractivity contribution in [2.24, 2.45) is 23.7 Å². The van der Waals surface area contributed by atoms with Gasteiger partial charge in [0.15, 0.2) is 6.29 Å². The van der Waals surface area contributed by atoms with Crippen LogP contribution in [0.3, 0.4) is 0 Å². The number of aliphatic hydroxyl groups is 2. The van der Waals surface area contributed by atoms with E-state index in [1.165, 1.54) is 51.4 Å². The molecule has 2 N–H and O–H groups in total. The lowest BCUT2D eigenvalue weighted by atomic mass is 9.68. The molecule has 2 fully saturated rings. The van der Waals surface area contributed by atoms with Crippen LogP contribution in [0.2, 0.25) is 0 Å². The summed E-state index contributed by atoms with van der Waals surface area (Å²) >= 11 is 0. The van der Waals surface area contributed by atoms with E-state index in [2.05, 4.69) is 6.92 Å². The van der Waals surface area contributed by atoms with Gasteiger partial charge in [-0.1, -0.05) is 50.2 Å². The van der Waals surface area contributed by atoms with Gasteiger partial charge in [-0.15, -0.1) is 0 Å². The van der Waals surface area contributed by atoms with Gasteiger partial charge < -0.3 is 19.6 Å². The number of benzene rings is 1. The predicted octanol–water partition coefficient (Wildman–Crippen LogP) is 5.34. The summed E-state index contributed by atoms with van der Waals surface area (Å²) in [6.07, 6.45) is 12.3. The van der Waals surface area contributed by atoms with Gasteiger partial charge in [-0.05, 0) is 96.1 Å². The molecule has 0 spiro atoms. The molecular formula is C28H47BO4. The smallest absolute Gasteiger partial charge is 0.309 e. The van der Waals surface area contributed by atoms with Gasteiger partial charge in [0.2, 0.25) is 0 Å². The van der Waals surface area contributed by atoms with Gasteiger partial charge in [-0.2, -0.15) is 0 Å². The molecule has 1 unspecified atom stereocenters. The monoisotopic (exact) mass is 458 g/mol. The van der Waals surface area contributed by atoms with E-state index in [1.54, 1.807) is 13.8 Å². The maximum atomic E-state index is 10.7. The van der Waals surface area contributed by atoms with E-state index >= 15 is 0 Å². The Bertz CT molecular complexity index is 696. The molecule has 0 bridgehead atoms. The third-order valence-corrected chi connectivity index (χ3v) is 8.73. The first-order valence-electron chi connectivity index (χ1n) is 13.4. The molecule has 0 radical (unpaired) electrons. The zero-order chi connectivity index (χ0) is 24.1. The third-order valence-electron chi connectivity index (χ3n) is 8.73. The second-order valence-electron chi connectivity index (χ2n) is 11.8. The highest BCUT2D eigenvalue weighted by Crippen LogP contribution is 2.43. The maximum Gasteiger partial charge on any atom is 0.309 e. The molecule has 0 heterocycles. The summed E-state index contributed by atoms with van der Waals surface area (Å²) < 4.78 is 11.8. The number of rotatable bonds is 10. The summed E-state index contributed by atoms with van der Waals surface area (Å²) in [5.74, 6) is 3.66. The van der Waals surface area contributed by atoms with E-state index in [9.17, 15) is 10.2 Å². The molecule has 186 valence electrons. The van der Waals surface area contributed by atoms with E-state index in [0.717, 1.165) is 36.1 Å². The molecule has 2 aliphatic rings. The Kier molecular flexibility index (Phi) is 9.34. The van der Waals surface area contributed by atoms with Crippen LogP contribution in [0.4, 0.5) is 0 Å². The van der Waals surface area contributed by atoms with Crippen molar-refractivity contribution in [1.82, 2.24) is 0 Å². The van der Waals surface area contributed by atoms with Crippen LogP contribution in [0.1, 0.15) is 98.8 Å². The van der Waals surface area contributed by atoms with Crippen LogP contribution in [0.5, 0.6) is 5.75 Å². The van der Waals surface area contributed by atoms with E-state index in [1.807, 2.05) is 38.1 Å². The number of ether oxygens (including phenoxy) is 1. The fraction of sp³-hybridized carbons (Fsp3) is 0.786. The van der Waals surface area contributed by atoms with Crippen LogP contribution in [-0.2, 0) is 4.65 Å². The molecule has 0 amide bonds. The van der Waals surface area contributed by atoms with Gasteiger partial charge >= 0.3 is 7.48 Å². The van der Waals surface area contributed by atoms with Gasteiger partial charge in [0.1, 0.15) is 5.75 Å². The largest absolute Gasteiger partial charge is 0.465 e. The quantitative estimate of drug-likeness (QED) is 0.367. The van der Waals surface area contributed by atoms with Crippen molar-refractivity contribution in [3.63, 3.8) is 0 Å². The topological polar surface area (TPSA) is 58.9 Å².